The quantitative estimate of drug-likeness (QED) is 0.455. The zero-order valence-corrected chi connectivity index (χ0v) is 17.2. The molecule has 0 aliphatic heterocycles. The van der Waals surface area contributed by atoms with Crippen LogP contribution in [-0.4, -0.2) is 35.7 Å². The number of carbonyl (C=O) groups is 2. The number of para-hydroxylation sites is 1. The summed E-state index contributed by atoms with van der Waals surface area (Å²) >= 11 is 0. The van der Waals surface area contributed by atoms with Gasteiger partial charge in [-0.25, -0.2) is 0 Å². The second-order valence-electron chi connectivity index (χ2n) is 6.76. The number of hydrogen-bond acceptors (Lipinski definition) is 7. The van der Waals surface area contributed by atoms with Crippen molar-refractivity contribution < 1.29 is 23.2 Å². The Morgan fingerprint density at radius 1 is 1.00 bits per heavy atom. The fourth-order valence-electron chi connectivity index (χ4n) is 2.95. The maximum absolute atomic E-state index is 12.7. The number of ether oxygens (including phenoxy) is 1. The number of amides is 2. The van der Waals surface area contributed by atoms with Crippen LogP contribution in [0.3, 0.4) is 0 Å². The van der Waals surface area contributed by atoms with E-state index in [1.54, 1.807) is 43.4 Å². The average Bonchev–Trinajstić information content (AvgIpc) is 3.53. The first kappa shape index (κ1) is 20.9. The minimum absolute atomic E-state index is 0.116. The molecular weight excluding hydrogens is 412 g/mol. The van der Waals surface area contributed by atoms with Crippen LogP contribution in [0, 0.1) is 0 Å². The standard InChI is InChI=1S/C23H20N4O5/c1-27(19-12-6-5-11-18(19)21(29)24-14-17-10-7-13-30-17)20(28)15-31-23-26-25-22(32-23)16-8-3-2-4-9-16/h2-13H,14-15H2,1H3,(H,24,29). The van der Waals surface area contributed by atoms with Crippen molar-refractivity contribution in [3.05, 3.63) is 84.3 Å². The van der Waals surface area contributed by atoms with Crippen molar-refractivity contribution in [3.8, 4) is 17.5 Å². The monoisotopic (exact) mass is 432 g/mol. The lowest BCUT2D eigenvalue weighted by molar-refractivity contribution is -0.120. The fourth-order valence-corrected chi connectivity index (χ4v) is 2.95. The summed E-state index contributed by atoms with van der Waals surface area (Å²) in [5, 5.41) is 10.5. The van der Waals surface area contributed by atoms with E-state index in [0.29, 0.717) is 22.9 Å². The Bertz CT molecular complexity index is 1190. The van der Waals surface area contributed by atoms with Crippen LogP contribution in [0.1, 0.15) is 16.1 Å². The number of hydrogen-bond donors (Lipinski definition) is 1. The molecule has 1 N–H and O–H groups in total. The molecule has 0 unspecified atom stereocenters. The Morgan fingerprint density at radius 2 is 1.78 bits per heavy atom. The van der Waals surface area contributed by atoms with Crippen LogP contribution in [0.5, 0.6) is 6.08 Å². The van der Waals surface area contributed by atoms with Crippen molar-refractivity contribution in [2.24, 2.45) is 0 Å². The van der Waals surface area contributed by atoms with Crippen LogP contribution >= 0.6 is 0 Å². The summed E-state index contributed by atoms with van der Waals surface area (Å²) in [6, 6.07) is 19.5. The molecular formula is C23H20N4O5. The molecule has 9 heteroatoms. The van der Waals surface area contributed by atoms with E-state index in [1.807, 2.05) is 30.3 Å². The van der Waals surface area contributed by atoms with Crippen LogP contribution in [0.15, 0.2) is 81.8 Å². The van der Waals surface area contributed by atoms with Crippen molar-refractivity contribution >= 4 is 17.5 Å². The molecule has 0 radical (unpaired) electrons. The molecule has 2 aromatic carbocycles. The molecule has 4 aromatic rings. The zero-order chi connectivity index (χ0) is 22.3. The fraction of sp³-hybridized carbons (Fsp3) is 0.130. The highest BCUT2D eigenvalue weighted by atomic mass is 16.6. The normalized spacial score (nSPS) is 10.5. The lowest BCUT2D eigenvalue weighted by atomic mass is 10.1. The lowest BCUT2D eigenvalue weighted by Gasteiger charge is -2.20. The van der Waals surface area contributed by atoms with Crippen LogP contribution in [0.4, 0.5) is 5.69 Å². The SMILES string of the molecule is CN(C(=O)COc1nnc(-c2ccccc2)o1)c1ccccc1C(=O)NCc1ccco1. The van der Waals surface area contributed by atoms with Crippen LogP contribution in [-0.2, 0) is 11.3 Å². The molecule has 0 bridgehead atoms. The molecule has 32 heavy (non-hydrogen) atoms. The van der Waals surface area contributed by atoms with Gasteiger partial charge < -0.3 is 23.8 Å². The molecule has 2 heterocycles. The number of nitrogens with zero attached hydrogens (tertiary/aromatic N) is 3. The molecule has 0 spiro atoms. The van der Waals surface area contributed by atoms with Gasteiger partial charge in [0.15, 0.2) is 6.61 Å². The van der Waals surface area contributed by atoms with Crippen molar-refractivity contribution in [3.63, 3.8) is 0 Å². The van der Waals surface area contributed by atoms with Gasteiger partial charge in [0.25, 0.3) is 17.7 Å². The van der Waals surface area contributed by atoms with Gasteiger partial charge in [-0.15, -0.1) is 5.10 Å². The van der Waals surface area contributed by atoms with Gasteiger partial charge in [-0.05, 0) is 36.4 Å². The maximum atomic E-state index is 12.7. The third kappa shape index (κ3) is 4.84. The molecule has 9 nitrogen and oxygen atoms in total. The molecule has 2 aromatic heterocycles. The highest BCUT2D eigenvalue weighted by molar-refractivity contribution is 6.04. The number of nitrogens with one attached hydrogen (secondary N) is 1. The second kappa shape index (κ2) is 9.61. The van der Waals surface area contributed by atoms with Crippen LogP contribution in [0.25, 0.3) is 11.5 Å². The summed E-state index contributed by atoms with van der Waals surface area (Å²) in [5.74, 6) is 0.195. The van der Waals surface area contributed by atoms with E-state index in [4.69, 9.17) is 13.6 Å². The number of carbonyl (C=O) groups excluding carboxylic acids is 2. The van der Waals surface area contributed by atoms with E-state index in [0.717, 1.165) is 5.56 Å². The third-order valence-corrected chi connectivity index (χ3v) is 4.63. The Hall–Kier alpha value is -4.40. The van der Waals surface area contributed by atoms with Crippen molar-refractivity contribution in [2.75, 3.05) is 18.6 Å². The summed E-state index contributed by atoms with van der Waals surface area (Å²) in [7, 11) is 1.56. The van der Waals surface area contributed by atoms with Gasteiger partial charge >= 0.3 is 6.08 Å². The molecule has 0 fully saturated rings. The number of aromatic nitrogens is 2. The number of furan rings is 1. The van der Waals surface area contributed by atoms with E-state index in [-0.39, 0.29) is 25.1 Å². The van der Waals surface area contributed by atoms with Gasteiger partial charge in [0.1, 0.15) is 5.76 Å². The summed E-state index contributed by atoms with van der Waals surface area (Å²) in [4.78, 5) is 26.7. The first-order chi connectivity index (χ1) is 15.6. The Labute approximate surface area is 183 Å². The first-order valence-electron chi connectivity index (χ1n) is 9.79. The summed E-state index contributed by atoms with van der Waals surface area (Å²) < 4.78 is 16.0. The first-order valence-corrected chi connectivity index (χ1v) is 9.79. The van der Waals surface area contributed by atoms with Crippen LogP contribution in [0.2, 0.25) is 0 Å². The second-order valence-corrected chi connectivity index (χ2v) is 6.76. The molecule has 162 valence electrons. The van der Waals surface area contributed by atoms with E-state index in [2.05, 4.69) is 15.5 Å². The summed E-state index contributed by atoms with van der Waals surface area (Å²) in [5.41, 5.74) is 1.53. The molecule has 0 saturated heterocycles. The largest absolute Gasteiger partial charge is 0.467 e. The Balaban J connectivity index is 1.39. The molecule has 0 aliphatic carbocycles. The average molecular weight is 432 g/mol. The smallest absolute Gasteiger partial charge is 0.415 e. The summed E-state index contributed by atoms with van der Waals surface area (Å²) in [6.45, 7) is -0.100. The van der Waals surface area contributed by atoms with Gasteiger partial charge in [-0.2, -0.15) is 0 Å². The van der Waals surface area contributed by atoms with E-state index in [9.17, 15) is 9.59 Å². The number of anilines is 1. The van der Waals surface area contributed by atoms with Gasteiger partial charge in [-0.1, -0.05) is 35.4 Å². The maximum Gasteiger partial charge on any atom is 0.415 e. The van der Waals surface area contributed by atoms with Crippen molar-refractivity contribution in [2.45, 2.75) is 6.54 Å². The van der Waals surface area contributed by atoms with Crippen molar-refractivity contribution in [1.82, 2.24) is 15.5 Å². The molecule has 0 saturated carbocycles. The van der Waals surface area contributed by atoms with Gasteiger partial charge in [0.05, 0.1) is 24.1 Å². The van der Waals surface area contributed by atoms with Gasteiger partial charge in [0, 0.05) is 12.6 Å². The van der Waals surface area contributed by atoms with Gasteiger partial charge in [0.2, 0.25) is 0 Å². The number of rotatable bonds is 8. The topological polar surface area (TPSA) is 111 Å². The summed E-state index contributed by atoms with van der Waals surface area (Å²) in [6.07, 6.45) is 1.42. The predicted octanol–water partition coefficient (Wildman–Crippen LogP) is 3.30. The van der Waals surface area contributed by atoms with Crippen LogP contribution < -0.4 is 15.0 Å². The van der Waals surface area contributed by atoms with E-state index in [1.165, 1.54) is 11.2 Å². The number of likely N-dealkylation sites (N-methyl/N-ethyl adjacent to an activating group) is 1. The van der Waals surface area contributed by atoms with E-state index < -0.39 is 5.91 Å². The zero-order valence-electron chi connectivity index (χ0n) is 17.2. The number of benzene rings is 2. The highest BCUT2D eigenvalue weighted by Crippen LogP contribution is 2.22. The van der Waals surface area contributed by atoms with Crippen molar-refractivity contribution in [1.29, 1.82) is 0 Å². The Morgan fingerprint density at radius 3 is 2.56 bits per heavy atom. The highest BCUT2D eigenvalue weighted by Gasteiger charge is 2.20. The minimum atomic E-state index is -0.393. The minimum Gasteiger partial charge on any atom is -0.467 e. The predicted molar refractivity (Wildman–Crippen MR) is 115 cm³/mol. The third-order valence-electron chi connectivity index (χ3n) is 4.63. The van der Waals surface area contributed by atoms with Gasteiger partial charge in [-0.3, -0.25) is 9.59 Å². The molecule has 4 rings (SSSR count). The Kier molecular flexibility index (Phi) is 6.26. The molecule has 0 aliphatic rings. The van der Waals surface area contributed by atoms with E-state index >= 15 is 0 Å². The lowest BCUT2D eigenvalue weighted by Crippen LogP contribution is -2.33. The molecule has 0 atom stereocenters. The molecule has 2 amide bonds.